The van der Waals surface area contributed by atoms with Crippen molar-refractivity contribution in [1.82, 2.24) is 9.88 Å². The molecule has 2 atom stereocenters. The highest BCUT2D eigenvalue weighted by Crippen LogP contribution is 2.35. The standard InChI is InChI=1S/C25H30N2O3/c1-19(29-2)17-30-24-9-8-21(23(26-24)16-20-6-4-3-5-7-20)10-13-25(28)18-27-14-11-22(25)12-15-27/h3-9,19,22,28H,11-12,14-18H2,1-2H3/t19?,25-/m0/s1. The molecule has 30 heavy (non-hydrogen) atoms. The molecule has 1 N–H and O–H groups in total. The maximum atomic E-state index is 11.2. The third-order valence-corrected chi connectivity index (χ3v) is 6.17. The lowest BCUT2D eigenvalue weighted by Crippen LogP contribution is -2.58. The Hall–Kier alpha value is -2.39. The topological polar surface area (TPSA) is 54.8 Å². The molecule has 2 bridgehead atoms. The molecule has 5 nitrogen and oxygen atoms in total. The van der Waals surface area contributed by atoms with E-state index in [0.29, 0.717) is 25.5 Å². The first-order valence-electron chi connectivity index (χ1n) is 10.7. The minimum atomic E-state index is -0.927. The van der Waals surface area contributed by atoms with Crippen LogP contribution in [0.1, 0.15) is 36.6 Å². The number of piperidine rings is 3. The summed E-state index contributed by atoms with van der Waals surface area (Å²) in [6, 6.07) is 14.0. The smallest absolute Gasteiger partial charge is 0.213 e. The molecule has 0 amide bonds. The number of nitrogens with zero attached hydrogens (tertiary/aromatic N) is 2. The third-order valence-electron chi connectivity index (χ3n) is 6.17. The lowest BCUT2D eigenvalue weighted by atomic mass is 9.75. The first-order chi connectivity index (χ1) is 14.6. The number of hydrogen-bond acceptors (Lipinski definition) is 5. The second-order valence-electron chi connectivity index (χ2n) is 8.39. The number of fused-ring (bicyclic) bond motifs is 3. The fourth-order valence-corrected chi connectivity index (χ4v) is 4.23. The van der Waals surface area contributed by atoms with E-state index in [-0.39, 0.29) is 12.0 Å². The molecule has 2 aromatic rings. The van der Waals surface area contributed by atoms with Gasteiger partial charge < -0.3 is 14.6 Å². The van der Waals surface area contributed by atoms with Gasteiger partial charge in [-0.2, -0.15) is 0 Å². The van der Waals surface area contributed by atoms with E-state index in [1.807, 2.05) is 37.3 Å². The fourth-order valence-electron chi connectivity index (χ4n) is 4.23. The summed E-state index contributed by atoms with van der Waals surface area (Å²) in [4.78, 5) is 7.05. The van der Waals surface area contributed by atoms with Crippen LogP contribution in [0.3, 0.4) is 0 Å². The molecule has 3 aliphatic rings. The van der Waals surface area contributed by atoms with Gasteiger partial charge in [0, 0.05) is 37.6 Å². The molecule has 1 aromatic carbocycles. The molecular weight excluding hydrogens is 376 g/mol. The van der Waals surface area contributed by atoms with Crippen molar-refractivity contribution in [3.8, 4) is 17.7 Å². The van der Waals surface area contributed by atoms with E-state index in [1.165, 1.54) is 0 Å². The summed E-state index contributed by atoms with van der Waals surface area (Å²) in [7, 11) is 1.67. The zero-order valence-electron chi connectivity index (χ0n) is 17.8. The SMILES string of the molecule is COC(C)COc1ccc(C#C[C@]2(O)CN3CCC2CC3)c(Cc2ccccc2)n1. The van der Waals surface area contributed by atoms with Crippen molar-refractivity contribution < 1.29 is 14.6 Å². The third kappa shape index (κ3) is 4.84. The molecule has 1 aromatic heterocycles. The Balaban J connectivity index is 1.60. The normalized spacial score (nSPS) is 26.0. The second-order valence-corrected chi connectivity index (χ2v) is 8.39. The van der Waals surface area contributed by atoms with Crippen LogP contribution in [-0.4, -0.2) is 60.0 Å². The Morgan fingerprint density at radius 3 is 2.63 bits per heavy atom. The summed E-state index contributed by atoms with van der Waals surface area (Å²) in [6.07, 6.45) is 2.69. The zero-order valence-corrected chi connectivity index (χ0v) is 17.8. The Kier molecular flexibility index (Phi) is 6.38. The van der Waals surface area contributed by atoms with E-state index < -0.39 is 5.60 Å². The van der Waals surface area contributed by atoms with Gasteiger partial charge in [-0.05, 0) is 44.5 Å². The average Bonchev–Trinajstić information content (AvgIpc) is 2.78. The fraction of sp³-hybridized carbons (Fsp3) is 0.480. The molecule has 0 radical (unpaired) electrons. The van der Waals surface area contributed by atoms with Gasteiger partial charge in [0.15, 0.2) is 0 Å². The first kappa shape index (κ1) is 20.9. The maximum absolute atomic E-state index is 11.2. The van der Waals surface area contributed by atoms with E-state index in [9.17, 15) is 5.11 Å². The number of hydrogen-bond donors (Lipinski definition) is 1. The molecular formula is C25H30N2O3. The average molecular weight is 407 g/mol. The van der Waals surface area contributed by atoms with Crippen LogP contribution in [0.2, 0.25) is 0 Å². The van der Waals surface area contributed by atoms with Crippen LogP contribution in [-0.2, 0) is 11.2 Å². The molecule has 3 saturated heterocycles. The van der Waals surface area contributed by atoms with Gasteiger partial charge in [-0.15, -0.1) is 0 Å². The number of aliphatic hydroxyl groups is 1. The van der Waals surface area contributed by atoms with Crippen molar-refractivity contribution in [2.75, 3.05) is 33.4 Å². The monoisotopic (exact) mass is 406 g/mol. The van der Waals surface area contributed by atoms with E-state index in [2.05, 4.69) is 28.9 Å². The summed E-state index contributed by atoms with van der Waals surface area (Å²) < 4.78 is 11.1. The predicted molar refractivity (Wildman–Crippen MR) is 116 cm³/mol. The van der Waals surface area contributed by atoms with Gasteiger partial charge in [-0.1, -0.05) is 42.2 Å². The molecule has 158 valence electrons. The molecule has 3 aliphatic heterocycles. The molecule has 5 heteroatoms. The van der Waals surface area contributed by atoms with Crippen LogP contribution >= 0.6 is 0 Å². The van der Waals surface area contributed by atoms with Gasteiger partial charge in [-0.25, -0.2) is 4.98 Å². The van der Waals surface area contributed by atoms with Crippen LogP contribution < -0.4 is 4.74 Å². The quantitative estimate of drug-likeness (QED) is 0.748. The van der Waals surface area contributed by atoms with Crippen molar-refractivity contribution in [1.29, 1.82) is 0 Å². The molecule has 0 spiro atoms. The zero-order chi connectivity index (χ0) is 21.0. The number of rotatable bonds is 6. The Bertz CT molecular complexity index is 913. The summed E-state index contributed by atoms with van der Waals surface area (Å²) in [5.74, 6) is 7.31. The number of benzene rings is 1. The molecule has 4 heterocycles. The van der Waals surface area contributed by atoms with E-state index >= 15 is 0 Å². The second kappa shape index (κ2) is 9.18. The largest absolute Gasteiger partial charge is 0.475 e. The number of aromatic nitrogens is 1. The van der Waals surface area contributed by atoms with Crippen LogP contribution in [0.5, 0.6) is 5.88 Å². The van der Waals surface area contributed by atoms with Crippen molar-refractivity contribution >= 4 is 0 Å². The predicted octanol–water partition coefficient (Wildman–Crippen LogP) is 2.89. The lowest BCUT2D eigenvalue weighted by Gasteiger charge is -2.47. The Morgan fingerprint density at radius 1 is 1.20 bits per heavy atom. The van der Waals surface area contributed by atoms with Gasteiger partial charge in [0.2, 0.25) is 5.88 Å². The summed E-state index contributed by atoms with van der Waals surface area (Å²) in [5, 5.41) is 11.2. The maximum Gasteiger partial charge on any atom is 0.213 e. The number of pyridine rings is 1. The number of methoxy groups -OCH3 is 1. The number of ether oxygens (including phenoxy) is 2. The van der Waals surface area contributed by atoms with Crippen LogP contribution in [0.15, 0.2) is 42.5 Å². The van der Waals surface area contributed by atoms with Gasteiger partial charge in [-0.3, -0.25) is 4.90 Å². The van der Waals surface area contributed by atoms with Crippen LogP contribution in [0.4, 0.5) is 0 Å². The van der Waals surface area contributed by atoms with Crippen molar-refractivity contribution in [3.05, 3.63) is 59.3 Å². The lowest BCUT2D eigenvalue weighted by molar-refractivity contribution is -0.0713. The van der Waals surface area contributed by atoms with Crippen molar-refractivity contribution in [2.45, 2.75) is 37.9 Å². The van der Waals surface area contributed by atoms with Crippen molar-refractivity contribution in [2.24, 2.45) is 5.92 Å². The minimum Gasteiger partial charge on any atom is -0.475 e. The first-order valence-corrected chi connectivity index (χ1v) is 10.7. The van der Waals surface area contributed by atoms with Gasteiger partial charge in [0.25, 0.3) is 0 Å². The van der Waals surface area contributed by atoms with E-state index in [1.54, 1.807) is 7.11 Å². The highest BCUT2D eigenvalue weighted by atomic mass is 16.5. The minimum absolute atomic E-state index is 0.00480. The Labute approximate surface area is 179 Å². The Morgan fingerprint density at radius 2 is 1.97 bits per heavy atom. The van der Waals surface area contributed by atoms with Gasteiger partial charge >= 0.3 is 0 Å². The van der Waals surface area contributed by atoms with Gasteiger partial charge in [0.1, 0.15) is 12.2 Å². The van der Waals surface area contributed by atoms with Crippen LogP contribution in [0.25, 0.3) is 0 Å². The summed E-state index contributed by atoms with van der Waals surface area (Å²) >= 11 is 0. The van der Waals surface area contributed by atoms with E-state index in [4.69, 9.17) is 14.5 Å². The molecule has 5 rings (SSSR count). The summed E-state index contributed by atoms with van der Waals surface area (Å²) in [6.45, 7) is 5.18. The molecule has 1 unspecified atom stereocenters. The van der Waals surface area contributed by atoms with Crippen LogP contribution in [0, 0.1) is 17.8 Å². The highest BCUT2D eigenvalue weighted by Gasteiger charge is 2.44. The van der Waals surface area contributed by atoms with Gasteiger partial charge in [0.05, 0.1) is 11.8 Å². The highest BCUT2D eigenvalue weighted by molar-refractivity contribution is 5.44. The summed E-state index contributed by atoms with van der Waals surface area (Å²) in [5.41, 5.74) is 1.94. The molecule has 0 saturated carbocycles. The molecule has 3 fully saturated rings. The van der Waals surface area contributed by atoms with Crippen molar-refractivity contribution in [3.63, 3.8) is 0 Å². The molecule has 0 aliphatic carbocycles. The van der Waals surface area contributed by atoms with E-state index in [0.717, 1.165) is 42.8 Å².